The van der Waals surface area contributed by atoms with E-state index in [-0.39, 0.29) is 6.04 Å². The highest BCUT2D eigenvalue weighted by Crippen LogP contribution is 2.20. The van der Waals surface area contributed by atoms with Crippen LogP contribution in [-0.2, 0) is 0 Å². The van der Waals surface area contributed by atoms with E-state index in [1.165, 1.54) is 43.5 Å². The van der Waals surface area contributed by atoms with Crippen molar-refractivity contribution in [2.24, 2.45) is 11.7 Å². The van der Waals surface area contributed by atoms with E-state index < -0.39 is 0 Å². The quantitative estimate of drug-likeness (QED) is 0.888. The van der Waals surface area contributed by atoms with Gasteiger partial charge >= 0.3 is 0 Å². The highest BCUT2D eigenvalue weighted by atomic mass is 15.1. The van der Waals surface area contributed by atoms with Gasteiger partial charge in [0.15, 0.2) is 0 Å². The van der Waals surface area contributed by atoms with Crippen molar-refractivity contribution in [1.82, 2.24) is 4.90 Å². The first-order valence-corrected chi connectivity index (χ1v) is 7.20. The van der Waals surface area contributed by atoms with Gasteiger partial charge in [0.1, 0.15) is 0 Å². The van der Waals surface area contributed by atoms with Gasteiger partial charge in [-0.05, 0) is 56.3 Å². The second-order valence-electron chi connectivity index (χ2n) is 5.80. The summed E-state index contributed by atoms with van der Waals surface area (Å²) in [5, 5.41) is 0. The molecule has 2 heteroatoms. The molecular formula is C16H26N2. The maximum Gasteiger partial charge on any atom is 0.0426 e. The van der Waals surface area contributed by atoms with Gasteiger partial charge in [-0.1, -0.05) is 31.2 Å². The van der Waals surface area contributed by atoms with Crippen LogP contribution < -0.4 is 5.73 Å². The highest BCUT2D eigenvalue weighted by molar-refractivity contribution is 5.28. The Morgan fingerprint density at radius 1 is 1.28 bits per heavy atom. The molecule has 0 aromatic heterocycles. The average Bonchev–Trinajstić information content (AvgIpc) is 2.55. The number of benzene rings is 1. The topological polar surface area (TPSA) is 29.3 Å². The summed E-state index contributed by atoms with van der Waals surface area (Å²) in [6, 6.07) is 8.64. The fourth-order valence-electron chi connectivity index (χ4n) is 2.88. The molecule has 1 fully saturated rings. The Hall–Kier alpha value is -0.860. The largest absolute Gasteiger partial charge is 0.323 e. The van der Waals surface area contributed by atoms with Crippen LogP contribution in [0, 0.1) is 12.8 Å². The van der Waals surface area contributed by atoms with Crippen LogP contribution in [0.3, 0.4) is 0 Å². The molecular weight excluding hydrogens is 220 g/mol. The Bertz CT molecular complexity index is 375. The molecule has 2 nitrogen and oxygen atoms in total. The van der Waals surface area contributed by atoms with E-state index in [1.807, 2.05) is 0 Å². The van der Waals surface area contributed by atoms with Crippen molar-refractivity contribution < 1.29 is 0 Å². The van der Waals surface area contributed by atoms with Crippen LogP contribution in [0.25, 0.3) is 0 Å². The monoisotopic (exact) mass is 246 g/mol. The second kappa shape index (κ2) is 6.35. The lowest BCUT2D eigenvalue weighted by atomic mass is 10.0. The molecule has 0 spiro atoms. The summed E-state index contributed by atoms with van der Waals surface area (Å²) in [6.07, 6.45) is 4.01. The molecule has 100 valence electrons. The second-order valence-corrected chi connectivity index (χ2v) is 5.80. The number of rotatable bonds is 3. The lowest BCUT2D eigenvalue weighted by molar-refractivity contribution is 0.264. The maximum atomic E-state index is 6.37. The van der Waals surface area contributed by atoms with Gasteiger partial charge in [-0.15, -0.1) is 0 Å². The zero-order chi connectivity index (χ0) is 13.0. The maximum absolute atomic E-state index is 6.37. The number of likely N-dealkylation sites (tertiary alicyclic amines) is 1. The molecule has 1 aliphatic rings. The van der Waals surface area contributed by atoms with Crippen molar-refractivity contribution in [2.75, 3.05) is 19.6 Å². The number of nitrogens with two attached hydrogens (primary N) is 1. The van der Waals surface area contributed by atoms with Crippen molar-refractivity contribution in [3.63, 3.8) is 0 Å². The third-order valence-corrected chi connectivity index (χ3v) is 4.15. The number of nitrogens with zero attached hydrogens (tertiary/aromatic N) is 1. The van der Waals surface area contributed by atoms with E-state index in [9.17, 15) is 0 Å². The minimum atomic E-state index is 0.152. The normalized spacial score (nSPS) is 23.6. The standard InChI is InChI=1S/C16H26N2/c1-13-6-5-10-18(11-9-13)12-16(17)15-8-4-3-7-14(15)2/h3-4,7-8,13,16H,5-6,9-12,17H2,1-2H3. The predicted molar refractivity (Wildman–Crippen MR) is 77.6 cm³/mol. The van der Waals surface area contributed by atoms with E-state index in [0.717, 1.165) is 12.5 Å². The van der Waals surface area contributed by atoms with Crippen molar-refractivity contribution in [3.05, 3.63) is 35.4 Å². The molecule has 2 rings (SSSR count). The zero-order valence-electron chi connectivity index (χ0n) is 11.7. The van der Waals surface area contributed by atoms with Crippen LogP contribution in [0.5, 0.6) is 0 Å². The lowest BCUT2D eigenvalue weighted by Gasteiger charge is -2.25. The van der Waals surface area contributed by atoms with E-state index >= 15 is 0 Å². The van der Waals surface area contributed by atoms with Gasteiger partial charge in [0.2, 0.25) is 0 Å². The molecule has 0 amide bonds. The Labute approximate surface area is 111 Å². The smallest absolute Gasteiger partial charge is 0.0426 e. The Kier molecular flexibility index (Phi) is 4.79. The van der Waals surface area contributed by atoms with Gasteiger partial charge in [0.25, 0.3) is 0 Å². The van der Waals surface area contributed by atoms with Crippen molar-refractivity contribution >= 4 is 0 Å². The summed E-state index contributed by atoms with van der Waals surface area (Å²) in [5.41, 5.74) is 8.98. The summed E-state index contributed by atoms with van der Waals surface area (Å²) in [4.78, 5) is 2.54. The van der Waals surface area contributed by atoms with Crippen molar-refractivity contribution in [1.29, 1.82) is 0 Å². The van der Waals surface area contributed by atoms with E-state index in [4.69, 9.17) is 5.73 Å². The van der Waals surface area contributed by atoms with Crippen molar-refractivity contribution in [2.45, 2.75) is 39.2 Å². The van der Waals surface area contributed by atoms with E-state index in [1.54, 1.807) is 0 Å². The van der Waals surface area contributed by atoms with Crippen LogP contribution in [-0.4, -0.2) is 24.5 Å². The Morgan fingerprint density at radius 2 is 2.06 bits per heavy atom. The van der Waals surface area contributed by atoms with Crippen molar-refractivity contribution in [3.8, 4) is 0 Å². The first-order chi connectivity index (χ1) is 8.66. The average molecular weight is 246 g/mol. The summed E-state index contributed by atoms with van der Waals surface area (Å²) in [5.74, 6) is 0.879. The third kappa shape index (κ3) is 3.56. The molecule has 1 heterocycles. The van der Waals surface area contributed by atoms with Crippen LogP contribution in [0.4, 0.5) is 0 Å². The summed E-state index contributed by atoms with van der Waals surface area (Å²) in [7, 11) is 0. The fraction of sp³-hybridized carbons (Fsp3) is 0.625. The zero-order valence-corrected chi connectivity index (χ0v) is 11.7. The Morgan fingerprint density at radius 3 is 2.83 bits per heavy atom. The first kappa shape index (κ1) is 13.6. The molecule has 0 saturated carbocycles. The molecule has 1 aromatic rings. The molecule has 2 unspecified atom stereocenters. The molecule has 1 aromatic carbocycles. The molecule has 2 N–H and O–H groups in total. The third-order valence-electron chi connectivity index (χ3n) is 4.15. The molecule has 1 saturated heterocycles. The first-order valence-electron chi connectivity index (χ1n) is 7.20. The van der Waals surface area contributed by atoms with Crippen LogP contribution in [0.15, 0.2) is 24.3 Å². The number of hydrogen-bond donors (Lipinski definition) is 1. The lowest BCUT2D eigenvalue weighted by Crippen LogP contribution is -2.33. The van der Waals surface area contributed by atoms with E-state index in [0.29, 0.717) is 0 Å². The van der Waals surface area contributed by atoms with Gasteiger partial charge in [-0.3, -0.25) is 0 Å². The fourth-order valence-corrected chi connectivity index (χ4v) is 2.88. The van der Waals surface area contributed by atoms with Crippen LogP contribution >= 0.6 is 0 Å². The van der Waals surface area contributed by atoms with E-state index in [2.05, 4.69) is 43.0 Å². The summed E-state index contributed by atoms with van der Waals surface area (Å²) >= 11 is 0. The minimum absolute atomic E-state index is 0.152. The summed E-state index contributed by atoms with van der Waals surface area (Å²) in [6.45, 7) is 7.94. The molecule has 18 heavy (non-hydrogen) atoms. The van der Waals surface area contributed by atoms with Gasteiger partial charge in [-0.25, -0.2) is 0 Å². The molecule has 1 aliphatic heterocycles. The number of hydrogen-bond acceptors (Lipinski definition) is 2. The van der Waals surface area contributed by atoms with Gasteiger partial charge in [0.05, 0.1) is 0 Å². The molecule has 0 bridgehead atoms. The highest BCUT2D eigenvalue weighted by Gasteiger charge is 2.17. The molecule has 0 aliphatic carbocycles. The molecule has 2 atom stereocenters. The van der Waals surface area contributed by atoms with Gasteiger partial charge in [0, 0.05) is 12.6 Å². The number of aryl methyl sites for hydroxylation is 1. The van der Waals surface area contributed by atoms with Gasteiger partial charge < -0.3 is 10.6 Å². The van der Waals surface area contributed by atoms with Crippen LogP contribution in [0.2, 0.25) is 0 Å². The summed E-state index contributed by atoms with van der Waals surface area (Å²) < 4.78 is 0. The SMILES string of the molecule is Cc1ccccc1C(N)CN1CCCC(C)CC1. The Balaban J connectivity index is 1.94. The van der Waals surface area contributed by atoms with Gasteiger partial charge in [-0.2, -0.15) is 0 Å². The minimum Gasteiger partial charge on any atom is -0.323 e. The van der Waals surface area contributed by atoms with Crippen LogP contribution in [0.1, 0.15) is 43.4 Å². The molecule has 0 radical (unpaired) electrons. The predicted octanol–water partition coefficient (Wildman–Crippen LogP) is 3.12.